The molecule has 3 aromatic carbocycles. The molecule has 5 heteroatoms. The molecule has 3 nitrogen and oxygen atoms in total. The van der Waals surface area contributed by atoms with Gasteiger partial charge in [0.25, 0.3) is 5.91 Å². The molecule has 0 fully saturated rings. The van der Waals surface area contributed by atoms with Gasteiger partial charge in [0.15, 0.2) is 0 Å². The van der Waals surface area contributed by atoms with Crippen LogP contribution in [0.25, 0.3) is 6.08 Å². The van der Waals surface area contributed by atoms with Gasteiger partial charge in [-0.15, -0.1) is 0 Å². The van der Waals surface area contributed by atoms with Crippen molar-refractivity contribution in [2.75, 3.05) is 4.90 Å². The number of benzene rings is 3. The smallest absolute Gasteiger partial charge is 0.266 e. The van der Waals surface area contributed by atoms with Crippen LogP contribution in [0.2, 0.25) is 0 Å². The van der Waals surface area contributed by atoms with Gasteiger partial charge in [-0.25, -0.2) is 9.38 Å². The van der Waals surface area contributed by atoms with Crippen molar-refractivity contribution in [3.63, 3.8) is 0 Å². The largest absolute Gasteiger partial charge is 0.282 e. The van der Waals surface area contributed by atoms with Gasteiger partial charge in [-0.3, -0.25) is 9.69 Å². The fraction of sp³-hybridized carbons (Fsp3) is 0.0435. The Bertz CT molecular complexity index is 1080. The number of hydrogen-bond donors (Lipinski definition) is 0. The van der Waals surface area contributed by atoms with Crippen LogP contribution in [-0.4, -0.2) is 11.7 Å². The number of halogens is 2. The number of aliphatic imine (C=N–C) groups is 1. The zero-order valence-electron chi connectivity index (χ0n) is 15.1. The molecule has 0 aliphatic carbocycles. The van der Waals surface area contributed by atoms with Crippen molar-refractivity contribution < 1.29 is 9.18 Å². The summed E-state index contributed by atoms with van der Waals surface area (Å²) in [6.07, 6.45) is 1.76. The standard InChI is InChI=1S/C23H16BrFN2O/c1-15-2-6-17(7-3-15)22-26-21(14-16-4-8-18(24)9-5-16)23(28)27(22)20-12-10-19(25)11-13-20/h2-14H,1H3. The summed E-state index contributed by atoms with van der Waals surface area (Å²) in [7, 11) is 0. The van der Waals surface area contributed by atoms with Gasteiger partial charge in [-0.1, -0.05) is 57.9 Å². The molecule has 0 spiro atoms. The highest BCUT2D eigenvalue weighted by atomic mass is 79.9. The molecule has 0 saturated heterocycles. The predicted molar refractivity (Wildman–Crippen MR) is 114 cm³/mol. The van der Waals surface area contributed by atoms with Crippen molar-refractivity contribution in [2.24, 2.45) is 4.99 Å². The minimum Gasteiger partial charge on any atom is -0.266 e. The van der Waals surface area contributed by atoms with Crippen LogP contribution in [0.4, 0.5) is 10.1 Å². The molecule has 1 amide bonds. The molecule has 4 rings (SSSR count). The van der Waals surface area contributed by atoms with Crippen LogP contribution in [-0.2, 0) is 4.79 Å². The highest BCUT2D eigenvalue weighted by Crippen LogP contribution is 2.28. The second-order valence-corrected chi connectivity index (χ2v) is 7.42. The first-order valence-electron chi connectivity index (χ1n) is 8.74. The molecule has 0 bridgehead atoms. The summed E-state index contributed by atoms with van der Waals surface area (Å²) in [5.74, 6) is -0.0695. The van der Waals surface area contributed by atoms with Crippen molar-refractivity contribution in [3.8, 4) is 0 Å². The Kier molecular flexibility index (Phi) is 4.92. The third-order valence-corrected chi connectivity index (χ3v) is 4.96. The van der Waals surface area contributed by atoms with E-state index in [9.17, 15) is 9.18 Å². The Morgan fingerprint density at radius 2 is 1.57 bits per heavy atom. The zero-order chi connectivity index (χ0) is 19.7. The summed E-state index contributed by atoms with van der Waals surface area (Å²) in [4.78, 5) is 19.3. The highest BCUT2D eigenvalue weighted by Gasteiger charge is 2.32. The summed E-state index contributed by atoms with van der Waals surface area (Å²) >= 11 is 3.41. The van der Waals surface area contributed by atoms with E-state index < -0.39 is 0 Å². The maximum Gasteiger partial charge on any atom is 0.282 e. The lowest BCUT2D eigenvalue weighted by Gasteiger charge is -2.18. The number of rotatable bonds is 3. The third-order valence-electron chi connectivity index (χ3n) is 4.43. The molecule has 138 valence electrons. The summed E-state index contributed by atoms with van der Waals surface area (Å²) in [6, 6.07) is 21.3. The van der Waals surface area contributed by atoms with Crippen molar-refractivity contribution in [1.82, 2.24) is 0 Å². The summed E-state index contributed by atoms with van der Waals surface area (Å²) in [5, 5.41) is 0. The number of amidine groups is 1. The third kappa shape index (κ3) is 3.66. The van der Waals surface area contributed by atoms with Gasteiger partial charge in [0.1, 0.15) is 17.3 Å². The van der Waals surface area contributed by atoms with E-state index in [2.05, 4.69) is 20.9 Å². The van der Waals surface area contributed by atoms with Crippen molar-refractivity contribution in [3.05, 3.63) is 105 Å². The molecule has 0 radical (unpaired) electrons. The Hall–Kier alpha value is -3.05. The van der Waals surface area contributed by atoms with Crippen LogP contribution in [0.3, 0.4) is 0 Å². The molecule has 0 aromatic heterocycles. The van der Waals surface area contributed by atoms with E-state index in [-0.39, 0.29) is 11.7 Å². The normalized spacial score (nSPS) is 15.2. The SMILES string of the molecule is Cc1ccc(C2=NC(=Cc3ccc(Br)cc3)C(=O)N2c2ccc(F)cc2)cc1. The molecule has 1 heterocycles. The maximum absolute atomic E-state index is 13.4. The summed E-state index contributed by atoms with van der Waals surface area (Å²) in [5.41, 5.74) is 3.72. The average molecular weight is 435 g/mol. The topological polar surface area (TPSA) is 32.7 Å². The first-order valence-corrected chi connectivity index (χ1v) is 9.53. The van der Waals surface area contributed by atoms with Crippen LogP contribution in [0.5, 0.6) is 0 Å². The van der Waals surface area contributed by atoms with Gasteiger partial charge in [-0.05, 0) is 55.0 Å². The fourth-order valence-corrected chi connectivity index (χ4v) is 3.22. The van der Waals surface area contributed by atoms with E-state index in [0.29, 0.717) is 17.2 Å². The number of nitrogens with zero attached hydrogens (tertiary/aromatic N) is 2. The first-order chi connectivity index (χ1) is 13.5. The number of anilines is 1. The lowest BCUT2D eigenvalue weighted by atomic mass is 10.1. The van der Waals surface area contributed by atoms with Crippen LogP contribution in [0, 0.1) is 12.7 Å². The quantitative estimate of drug-likeness (QED) is 0.484. The molecule has 0 N–H and O–H groups in total. The lowest BCUT2D eigenvalue weighted by molar-refractivity contribution is -0.113. The number of carbonyl (C=O) groups excluding carboxylic acids is 1. The monoisotopic (exact) mass is 434 g/mol. The number of amides is 1. The highest BCUT2D eigenvalue weighted by molar-refractivity contribution is 9.10. The second-order valence-electron chi connectivity index (χ2n) is 6.50. The molecule has 28 heavy (non-hydrogen) atoms. The van der Waals surface area contributed by atoms with Gasteiger partial charge < -0.3 is 0 Å². The molecular weight excluding hydrogens is 419 g/mol. The predicted octanol–water partition coefficient (Wildman–Crippen LogP) is 5.73. The van der Waals surface area contributed by atoms with Gasteiger partial charge in [0.2, 0.25) is 0 Å². The minimum atomic E-state index is -0.352. The molecule has 1 aliphatic rings. The molecule has 0 unspecified atom stereocenters. The Labute approximate surface area is 171 Å². The van der Waals surface area contributed by atoms with E-state index in [1.54, 1.807) is 18.2 Å². The van der Waals surface area contributed by atoms with E-state index in [0.717, 1.165) is 21.2 Å². The van der Waals surface area contributed by atoms with E-state index in [4.69, 9.17) is 0 Å². The fourth-order valence-electron chi connectivity index (χ4n) is 2.96. The minimum absolute atomic E-state index is 0.245. The number of hydrogen-bond acceptors (Lipinski definition) is 2. The van der Waals surface area contributed by atoms with E-state index in [1.807, 2.05) is 55.5 Å². The lowest BCUT2D eigenvalue weighted by Crippen LogP contribution is -2.32. The Morgan fingerprint density at radius 3 is 2.21 bits per heavy atom. The average Bonchev–Trinajstić information content (AvgIpc) is 3.01. The molecule has 1 aliphatic heterocycles. The number of aryl methyl sites for hydroxylation is 1. The van der Waals surface area contributed by atoms with Gasteiger partial charge in [0.05, 0.1) is 5.69 Å². The zero-order valence-corrected chi connectivity index (χ0v) is 16.7. The summed E-state index contributed by atoms with van der Waals surface area (Å²) in [6.45, 7) is 2.00. The van der Waals surface area contributed by atoms with Crippen molar-refractivity contribution >= 4 is 39.4 Å². The maximum atomic E-state index is 13.4. The van der Waals surface area contributed by atoms with E-state index in [1.165, 1.54) is 17.0 Å². The Morgan fingerprint density at radius 1 is 0.929 bits per heavy atom. The van der Waals surface area contributed by atoms with Crippen LogP contribution in [0.15, 0.2) is 88.0 Å². The van der Waals surface area contributed by atoms with Crippen LogP contribution < -0.4 is 4.90 Å². The molecule has 3 aromatic rings. The van der Waals surface area contributed by atoms with Crippen molar-refractivity contribution in [1.29, 1.82) is 0 Å². The Balaban J connectivity index is 1.81. The van der Waals surface area contributed by atoms with Gasteiger partial charge in [0, 0.05) is 10.0 Å². The molecule has 0 saturated carbocycles. The molecular formula is C23H16BrFN2O. The van der Waals surface area contributed by atoms with Gasteiger partial charge in [-0.2, -0.15) is 0 Å². The number of carbonyl (C=O) groups is 1. The van der Waals surface area contributed by atoms with Crippen LogP contribution in [0.1, 0.15) is 16.7 Å². The summed E-state index contributed by atoms with van der Waals surface area (Å²) < 4.78 is 14.3. The van der Waals surface area contributed by atoms with E-state index >= 15 is 0 Å². The van der Waals surface area contributed by atoms with Gasteiger partial charge >= 0.3 is 0 Å². The molecule has 0 atom stereocenters. The van der Waals surface area contributed by atoms with Crippen LogP contribution >= 0.6 is 15.9 Å². The second kappa shape index (κ2) is 7.52. The first kappa shape index (κ1) is 18.3. The van der Waals surface area contributed by atoms with Crippen molar-refractivity contribution in [2.45, 2.75) is 6.92 Å².